The quantitative estimate of drug-likeness (QED) is 0.174. The van der Waals surface area contributed by atoms with Crippen molar-refractivity contribution in [1.29, 1.82) is 0 Å². The molecule has 1 saturated carbocycles. The fourth-order valence-electron chi connectivity index (χ4n) is 4.10. The molecule has 5 N–H and O–H groups in total. The largest absolute Gasteiger partial charge is 0.494 e. The Morgan fingerprint density at radius 2 is 1.85 bits per heavy atom. The molecule has 5 rings (SSSR count). The molecule has 2 amide bonds. The van der Waals surface area contributed by atoms with Crippen molar-refractivity contribution in [2.24, 2.45) is 5.73 Å². The van der Waals surface area contributed by atoms with Gasteiger partial charge in [-0.3, -0.25) is 9.59 Å². The van der Waals surface area contributed by atoms with Crippen LogP contribution in [0.3, 0.4) is 0 Å². The molecule has 9 heteroatoms. The van der Waals surface area contributed by atoms with Gasteiger partial charge in [-0.2, -0.15) is 0 Å². The van der Waals surface area contributed by atoms with E-state index in [0.29, 0.717) is 46.7 Å². The van der Waals surface area contributed by atoms with E-state index in [9.17, 15) is 9.59 Å². The van der Waals surface area contributed by atoms with Crippen LogP contribution in [-0.4, -0.2) is 36.0 Å². The average molecular weight is 556 g/mol. The fraction of sp³-hybridized carbons (Fsp3) is 0.258. The normalized spacial score (nSPS) is 12.6. The number of anilines is 2. The number of nitrogens with two attached hydrogens (primary N) is 1. The fourth-order valence-corrected chi connectivity index (χ4v) is 5.01. The Kier molecular flexibility index (Phi) is 8.73. The van der Waals surface area contributed by atoms with Crippen molar-refractivity contribution >= 4 is 34.0 Å². The summed E-state index contributed by atoms with van der Waals surface area (Å²) in [5.41, 5.74) is 10.2. The van der Waals surface area contributed by atoms with Gasteiger partial charge in [-0.1, -0.05) is 59.9 Å². The monoisotopic (exact) mass is 555 g/mol. The summed E-state index contributed by atoms with van der Waals surface area (Å²) in [6.07, 6.45) is 2.80. The Morgan fingerprint density at radius 3 is 2.62 bits per heavy atom. The highest BCUT2D eigenvalue weighted by Gasteiger charge is 2.24. The van der Waals surface area contributed by atoms with Crippen molar-refractivity contribution in [3.63, 3.8) is 0 Å². The lowest BCUT2D eigenvalue weighted by Gasteiger charge is -2.10. The summed E-state index contributed by atoms with van der Waals surface area (Å²) < 4.78 is 5.84. The topological polar surface area (TPSA) is 118 Å². The second-order valence-corrected chi connectivity index (χ2v) is 10.8. The molecule has 0 spiro atoms. The van der Waals surface area contributed by atoms with Crippen molar-refractivity contribution in [3.8, 4) is 17.0 Å². The van der Waals surface area contributed by atoms with Gasteiger partial charge >= 0.3 is 0 Å². The zero-order valence-electron chi connectivity index (χ0n) is 22.4. The molecular formula is C31H33N5O3S. The van der Waals surface area contributed by atoms with Gasteiger partial charge < -0.3 is 26.4 Å². The SMILES string of the molecule is Cc1ccc(C(=O)NC2CC2)cc1Nc1nc(-c2cccc(OCCCN)c2)c(C(=O)NCc2ccccc2)s1. The summed E-state index contributed by atoms with van der Waals surface area (Å²) >= 11 is 1.27. The summed E-state index contributed by atoms with van der Waals surface area (Å²) in [7, 11) is 0. The van der Waals surface area contributed by atoms with Crippen molar-refractivity contribution in [2.75, 3.05) is 18.5 Å². The van der Waals surface area contributed by atoms with Crippen LogP contribution in [0.15, 0.2) is 72.8 Å². The zero-order valence-corrected chi connectivity index (χ0v) is 23.2. The number of amides is 2. The minimum Gasteiger partial charge on any atom is -0.494 e. The molecule has 0 aliphatic heterocycles. The third-order valence-electron chi connectivity index (χ3n) is 6.51. The molecule has 3 aromatic carbocycles. The maximum Gasteiger partial charge on any atom is 0.264 e. The summed E-state index contributed by atoms with van der Waals surface area (Å²) in [6, 6.07) is 23.2. The second-order valence-electron chi connectivity index (χ2n) is 9.79. The number of aromatic nitrogens is 1. The molecule has 1 aromatic heterocycles. The highest BCUT2D eigenvalue weighted by Crippen LogP contribution is 2.35. The molecule has 1 aliphatic carbocycles. The molecule has 8 nitrogen and oxygen atoms in total. The van der Waals surface area contributed by atoms with Gasteiger partial charge in [0, 0.05) is 29.4 Å². The lowest BCUT2D eigenvalue weighted by molar-refractivity contribution is 0.0944. The Bertz CT molecular complexity index is 1480. The van der Waals surface area contributed by atoms with Crippen LogP contribution >= 0.6 is 11.3 Å². The first-order valence-electron chi connectivity index (χ1n) is 13.4. The first-order valence-corrected chi connectivity index (χ1v) is 14.3. The summed E-state index contributed by atoms with van der Waals surface area (Å²) in [4.78, 5) is 31.4. The van der Waals surface area contributed by atoms with Crippen LogP contribution in [0.5, 0.6) is 5.75 Å². The predicted octanol–water partition coefficient (Wildman–Crippen LogP) is 5.41. The minimum absolute atomic E-state index is 0.0854. The lowest BCUT2D eigenvalue weighted by atomic mass is 10.1. The highest BCUT2D eigenvalue weighted by molar-refractivity contribution is 7.18. The average Bonchev–Trinajstić information content (AvgIpc) is 3.69. The van der Waals surface area contributed by atoms with E-state index in [1.54, 1.807) is 0 Å². The minimum atomic E-state index is -0.215. The number of carbonyl (C=O) groups is 2. The third kappa shape index (κ3) is 7.05. The number of ether oxygens (including phenoxy) is 1. The number of carbonyl (C=O) groups excluding carboxylic acids is 2. The van der Waals surface area contributed by atoms with Crippen LogP contribution in [-0.2, 0) is 6.54 Å². The van der Waals surface area contributed by atoms with Crippen LogP contribution in [0, 0.1) is 6.92 Å². The maximum atomic E-state index is 13.4. The van der Waals surface area contributed by atoms with Gasteiger partial charge in [-0.05, 0) is 68.1 Å². The molecule has 0 radical (unpaired) electrons. The number of aryl methyl sites for hydroxylation is 1. The zero-order chi connectivity index (χ0) is 27.9. The van der Waals surface area contributed by atoms with Crippen LogP contribution in [0.1, 0.15) is 50.4 Å². The molecule has 0 atom stereocenters. The molecule has 1 aliphatic rings. The van der Waals surface area contributed by atoms with Crippen LogP contribution in [0.2, 0.25) is 0 Å². The van der Waals surface area contributed by atoms with Gasteiger partial charge in [-0.15, -0.1) is 0 Å². The van der Waals surface area contributed by atoms with Crippen molar-refractivity contribution < 1.29 is 14.3 Å². The molecule has 1 heterocycles. The van der Waals surface area contributed by atoms with Crippen molar-refractivity contribution in [1.82, 2.24) is 15.6 Å². The van der Waals surface area contributed by atoms with Gasteiger partial charge in [0.05, 0.1) is 12.3 Å². The first kappa shape index (κ1) is 27.4. The number of benzene rings is 3. The Hall–Kier alpha value is -4.21. The van der Waals surface area contributed by atoms with Crippen LogP contribution < -0.4 is 26.4 Å². The standard InChI is InChI=1S/C31H33N5O3S/c1-20-11-12-23(29(37)34-24-13-14-24)18-26(20)35-31-36-27(22-9-5-10-25(17-22)39-16-6-15-32)28(40-31)30(38)33-19-21-7-3-2-4-8-21/h2-5,7-12,17-18,24H,6,13-16,19,32H2,1H3,(H,33,38)(H,34,37)(H,35,36). The van der Waals surface area contributed by atoms with E-state index in [4.69, 9.17) is 15.5 Å². The molecule has 206 valence electrons. The molecular weight excluding hydrogens is 522 g/mol. The second kappa shape index (κ2) is 12.8. The van der Waals surface area contributed by atoms with E-state index < -0.39 is 0 Å². The van der Waals surface area contributed by atoms with Crippen molar-refractivity contribution in [3.05, 3.63) is 94.4 Å². The summed E-state index contributed by atoms with van der Waals surface area (Å²) in [5, 5.41) is 9.96. The number of rotatable bonds is 12. The lowest BCUT2D eigenvalue weighted by Crippen LogP contribution is -2.25. The summed E-state index contributed by atoms with van der Waals surface area (Å²) in [6.45, 7) is 3.43. The van der Waals surface area contributed by atoms with Gasteiger partial charge in [0.25, 0.3) is 11.8 Å². The van der Waals surface area contributed by atoms with Gasteiger partial charge in [0.15, 0.2) is 5.13 Å². The van der Waals surface area contributed by atoms with E-state index in [1.165, 1.54) is 11.3 Å². The van der Waals surface area contributed by atoms with Gasteiger partial charge in [-0.25, -0.2) is 4.98 Å². The summed E-state index contributed by atoms with van der Waals surface area (Å²) in [5.74, 6) is 0.389. The molecule has 0 saturated heterocycles. The van der Waals surface area contributed by atoms with E-state index in [0.717, 1.165) is 41.6 Å². The number of nitrogens with zero attached hydrogens (tertiary/aromatic N) is 1. The van der Waals surface area contributed by atoms with E-state index in [2.05, 4.69) is 16.0 Å². The molecule has 4 aromatic rings. The van der Waals surface area contributed by atoms with E-state index in [-0.39, 0.29) is 17.9 Å². The molecule has 0 bridgehead atoms. The van der Waals surface area contributed by atoms with Crippen LogP contribution in [0.25, 0.3) is 11.3 Å². The van der Waals surface area contributed by atoms with E-state index in [1.807, 2.05) is 79.7 Å². The third-order valence-corrected chi connectivity index (χ3v) is 7.48. The molecule has 1 fully saturated rings. The Balaban J connectivity index is 1.43. The van der Waals surface area contributed by atoms with E-state index >= 15 is 0 Å². The Labute approximate surface area is 238 Å². The molecule has 0 unspecified atom stereocenters. The smallest absolute Gasteiger partial charge is 0.264 e. The number of thiazole rings is 1. The predicted molar refractivity (Wildman–Crippen MR) is 159 cm³/mol. The maximum absolute atomic E-state index is 13.4. The first-order chi connectivity index (χ1) is 19.5. The number of nitrogens with one attached hydrogen (secondary N) is 3. The van der Waals surface area contributed by atoms with Crippen LogP contribution in [0.4, 0.5) is 10.8 Å². The van der Waals surface area contributed by atoms with Gasteiger partial charge in [0.2, 0.25) is 0 Å². The highest BCUT2D eigenvalue weighted by atomic mass is 32.1. The molecule has 40 heavy (non-hydrogen) atoms. The number of hydrogen-bond donors (Lipinski definition) is 4. The van der Waals surface area contributed by atoms with Gasteiger partial charge in [0.1, 0.15) is 10.6 Å². The Morgan fingerprint density at radius 1 is 1.02 bits per heavy atom. The van der Waals surface area contributed by atoms with Crippen molar-refractivity contribution in [2.45, 2.75) is 38.8 Å². The number of hydrogen-bond acceptors (Lipinski definition) is 7.